The Labute approximate surface area is 107 Å². The minimum atomic E-state index is -3.50. The first kappa shape index (κ1) is 14.9. The maximum Gasteiger partial charge on any atom is 0.243 e. The van der Waals surface area contributed by atoms with Gasteiger partial charge in [0, 0.05) is 32.5 Å². The Balaban J connectivity index is 2.68. The van der Waals surface area contributed by atoms with Crippen LogP contribution in [0.1, 0.15) is 19.3 Å². The molecule has 0 unspecified atom stereocenters. The molecule has 0 radical (unpaired) electrons. The predicted molar refractivity (Wildman–Crippen MR) is 69.4 cm³/mol. The minimum absolute atomic E-state index is 0.136. The molecule has 7 heteroatoms. The Hall–Kier alpha value is -1.18. The monoisotopic (exact) mass is 273 g/mol. The normalized spacial score (nSPS) is 11.9. The van der Waals surface area contributed by atoms with Crippen molar-refractivity contribution in [1.82, 2.24) is 9.29 Å². The van der Waals surface area contributed by atoms with Gasteiger partial charge in [0.05, 0.1) is 4.90 Å². The Bertz CT molecular complexity index is 476. The number of hydrogen-bond acceptors (Lipinski definition) is 5. The molecule has 0 atom stereocenters. The van der Waals surface area contributed by atoms with Crippen LogP contribution in [-0.2, 0) is 10.0 Å². The average molecular weight is 273 g/mol. The molecular formula is C11H19N3O3S. The number of hydrogen-bond donors (Lipinski definition) is 2. The molecule has 0 aliphatic carbocycles. The molecule has 0 fully saturated rings. The van der Waals surface area contributed by atoms with Crippen LogP contribution in [0, 0.1) is 0 Å². The van der Waals surface area contributed by atoms with Crippen molar-refractivity contribution in [1.29, 1.82) is 0 Å². The van der Waals surface area contributed by atoms with Crippen molar-refractivity contribution < 1.29 is 13.5 Å². The van der Waals surface area contributed by atoms with E-state index in [2.05, 4.69) is 4.98 Å². The molecule has 1 rings (SSSR count). The third-order valence-corrected chi connectivity index (χ3v) is 4.44. The number of unbranched alkanes of at least 4 members (excludes halogenated alkanes) is 2. The number of aliphatic hydroxyl groups excluding tert-OH is 1. The highest BCUT2D eigenvalue weighted by Crippen LogP contribution is 2.15. The molecule has 0 saturated carbocycles. The van der Waals surface area contributed by atoms with Gasteiger partial charge in [-0.15, -0.1) is 0 Å². The number of nitrogens with two attached hydrogens (primary N) is 1. The second-order valence-electron chi connectivity index (χ2n) is 4.03. The molecule has 102 valence electrons. The van der Waals surface area contributed by atoms with Crippen molar-refractivity contribution in [3.63, 3.8) is 0 Å². The largest absolute Gasteiger partial charge is 0.396 e. The van der Waals surface area contributed by atoms with Gasteiger partial charge in [0.25, 0.3) is 0 Å². The van der Waals surface area contributed by atoms with Gasteiger partial charge in [0.15, 0.2) is 0 Å². The fourth-order valence-electron chi connectivity index (χ4n) is 1.51. The molecule has 0 aliphatic rings. The van der Waals surface area contributed by atoms with Crippen molar-refractivity contribution in [3.05, 3.63) is 18.3 Å². The lowest BCUT2D eigenvalue weighted by atomic mass is 10.2. The summed E-state index contributed by atoms with van der Waals surface area (Å²) >= 11 is 0. The van der Waals surface area contributed by atoms with Crippen molar-refractivity contribution in [2.24, 2.45) is 0 Å². The summed E-state index contributed by atoms with van der Waals surface area (Å²) in [5.41, 5.74) is 5.47. The Morgan fingerprint density at radius 2 is 2.11 bits per heavy atom. The molecular weight excluding hydrogens is 254 g/mol. The van der Waals surface area contributed by atoms with Crippen LogP contribution in [0.4, 0.5) is 5.82 Å². The lowest BCUT2D eigenvalue weighted by Gasteiger charge is -2.17. The van der Waals surface area contributed by atoms with Gasteiger partial charge < -0.3 is 10.8 Å². The lowest BCUT2D eigenvalue weighted by molar-refractivity contribution is 0.281. The molecule has 0 bridgehead atoms. The highest BCUT2D eigenvalue weighted by atomic mass is 32.2. The maximum absolute atomic E-state index is 12.1. The summed E-state index contributed by atoms with van der Waals surface area (Å²) in [7, 11) is -1.97. The van der Waals surface area contributed by atoms with Gasteiger partial charge in [-0.05, 0) is 25.3 Å². The van der Waals surface area contributed by atoms with Gasteiger partial charge in [0.1, 0.15) is 5.82 Å². The molecule has 1 aromatic heterocycles. The fourth-order valence-corrected chi connectivity index (χ4v) is 2.74. The van der Waals surface area contributed by atoms with Crippen molar-refractivity contribution in [2.45, 2.75) is 24.2 Å². The number of nitrogens with zero attached hydrogens (tertiary/aromatic N) is 2. The first-order valence-corrected chi connectivity index (χ1v) is 7.21. The van der Waals surface area contributed by atoms with Gasteiger partial charge in [-0.3, -0.25) is 0 Å². The molecule has 0 amide bonds. The van der Waals surface area contributed by atoms with Crippen LogP contribution in [0.5, 0.6) is 0 Å². The molecule has 0 aromatic carbocycles. The van der Waals surface area contributed by atoms with Gasteiger partial charge in [-0.25, -0.2) is 17.7 Å². The van der Waals surface area contributed by atoms with Gasteiger partial charge in [-0.1, -0.05) is 0 Å². The molecule has 0 spiro atoms. The second kappa shape index (κ2) is 6.67. The molecule has 1 aromatic rings. The van der Waals surface area contributed by atoms with Crippen molar-refractivity contribution in [3.8, 4) is 0 Å². The SMILES string of the molecule is CN(CCCCCO)S(=O)(=O)c1ccnc(N)c1. The van der Waals surface area contributed by atoms with Gasteiger partial charge >= 0.3 is 0 Å². The highest BCUT2D eigenvalue weighted by molar-refractivity contribution is 7.89. The van der Waals surface area contributed by atoms with E-state index >= 15 is 0 Å². The van der Waals surface area contributed by atoms with E-state index in [4.69, 9.17) is 10.8 Å². The summed E-state index contributed by atoms with van der Waals surface area (Å²) in [5.74, 6) is 0.185. The number of anilines is 1. The molecule has 3 N–H and O–H groups in total. The number of rotatable bonds is 7. The lowest BCUT2D eigenvalue weighted by Crippen LogP contribution is -2.28. The van der Waals surface area contributed by atoms with Crippen LogP contribution in [0.2, 0.25) is 0 Å². The van der Waals surface area contributed by atoms with E-state index in [0.717, 1.165) is 12.8 Å². The first-order chi connectivity index (χ1) is 8.48. The summed E-state index contributed by atoms with van der Waals surface area (Å²) in [6.45, 7) is 0.557. The Morgan fingerprint density at radius 1 is 1.39 bits per heavy atom. The Kier molecular flexibility index (Phi) is 5.52. The smallest absolute Gasteiger partial charge is 0.243 e. The van der Waals surface area contributed by atoms with Crippen LogP contribution in [0.25, 0.3) is 0 Å². The third-order valence-electron chi connectivity index (χ3n) is 2.59. The van der Waals surface area contributed by atoms with Crippen LogP contribution >= 0.6 is 0 Å². The number of nitrogen functional groups attached to an aromatic ring is 1. The zero-order chi connectivity index (χ0) is 13.6. The van der Waals surface area contributed by atoms with E-state index in [-0.39, 0.29) is 17.3 Å². The van der Waals surface area contributed by atoms with Crippen LogP contribution < -0.4 is 5.73 Å². The fraction of sp³-hybridized carbons (Fsp3) is 0.545. The number of aliphatic hydroxyl groups is 1. The van der Waals surface area contributed by atoms with E-state index in [0.29, 0.717) is 13.0 Å². The van der Waals surface area contributed by atoms with E-state index in [1.165, 1.54) is 29.7 Å². The van der Waals surface area contributed by atoms with Crippen LogP contribution in [-0.4, -0.2) is 43.0 Å². The molecule has 0 aliphatic heterocycles. The summed E-state index contributed by atoms with van der Waals surface area (Å²) in [6, 6.07) is 2.77. The summed E-state index contributed by atoms with van der Waals surface area (Å²) in [6.07, 6.45) is 3.59. The maximum atomic E-state index is 12.1. The molecule has 1 heterocycles. The summed E-state index contributed by atoms with van der Waals surface area (Å²) in [4.78, 5) is 3.92. The topological polar surface area (TPSA) is 96.5 Å². The zero-order valence-corrected chi connectivity index (χ0v) is 11.2. The van der Waals surface area contributed by atoms with E-state index in [1.807, 2.05) is 0 Å². The van der Waals surface area contributed by atoms with Crippen LogP contribution in [0.15, 0.2) is 23.2 Å². The highest BCUT2D eigenvalue weighted by Gasteiger charge is 2.20. The quantitative estimate of drug-likeness (QED) is 0.703. The van der Waals surface area contributed by atoms with E-state index in [9.17, 15) is 8.42 Å². The van der Waals surface area contributed by atoms with Crippen molar-refractivity contribution in [2.75, 3.05) is 25.9 Å². The Morgan fingerprint density at radius 3 is 2.72 bits per heavy atom. The average Bonchev–Trinajstić information content (AvgIpc) is 2.34. The number of aromatic nitrogens is 1. The minimum Gasteiger partial charge on any atom is -0.396 e. The zero-order valence-electron chi connectivity index (χ0n) is 10.4. The predicted octanol–water partition coefficient (Wildman–Crippen LogP) is 0.447. The first-order valence-electron chi connectivity index (χ1n) is 5.77. The standard InChI is InChI=1S/C11H19N3O3S/c1-14(7-3-2-4-8-15)18(16,17)10-5-6-13-11(12)9-10/h5-6,9,15H,2-4,7-8H2,1H3,(H2,12,13). The number of sulfonamides is 1. The van der Waals surface area contributed by atoms with E-state index < -0.39 is 10.0 Å². The second-order valence-corrected chi connectivity index (χ2v) is 6.07. The summed E-state index contributed by atoms with van der Waals surface area (Å²) in [5, 5.41) is 8.65. The molecule has 0 saturated heterocycles. The van der Waals surface area contributed by atoms with Gasteiger partial charge in [-0.2, -0.15) is 0 Å². The van der Waals surface area contributed by atoms with E-state index in [1.54, 1.807) is 0 Å². The van der Waals surface area contributed by atoms with Crippen LogP contribution in [0.3, 0.4) is 0 Å². The number of pyridine rings is 1. The molecule has 18 heavy (non-hydrogen) atoms. The van der Waals surface area contributed by atoms with Crippen molar-refractivity contribution >= 4 is 15.8 Å². The third kappa shape index (κ3) is 3.94. The summed E-state index contributed by atoms with van der Waals surface area (Å²) < 4.78 is 25.6. The molecule has 6 nitrogen and oxygen atoms in total. The van der Waals surface area contributed by atoms with Gasteiger partial charge in [0.2, 0.25) is 10.0 Å².